The number of halogens is 3. The molecule has 1 heterocycles. The minimum atomic E-state index is -0.164. The SMILES string of the molecule is O=C(Nc1cc(Cl)cc(Cl)c1)c1csc(I)c1. The summed E-state index contributed by atoms with van der Waals surface area (Å²) in [7, 11) is 0. The van der Waals surface area contributed by atoms with Crippen molar-refractivity contribution in [3.8, 4) is 0 Å². The van der Waals surface area contributed by atoms with Gasteiger partial charge < -0.3 is 5.32 Å². The van der Waals surface area contributed by atoms with E-state index in [2.05, 4.69) is 27.9 Å². The van der Waals surface area contributed by atoms with Gasteiger partial charge in [0.15, 0.2) is 0 Å². The van der Waals surface area contributed by atoms with Crippen LogP contribution in [0.3, 0.4) is 0 Å². The van der Waals surface area contributed by atoms with E-state index in [1.165, 1.54) is 11.3 Å². The molecule has 1 aromatic heterocycles. The average molecular weight is 398 g/mol. The largest absolute Gasteiger partial charge is 0.322 e. The van der Waals surface area contributed by atoms with Crippen LogP contribution in [0, 0.1) is 2.88 Å². The van der Waals surface area contributed by atoms with Crippen LogP contribution in [0.1, 0.15) is 10.4 Å². The standard InChI is InChI=1S/C11H6Cl2INOS/c12-7-2-8(13)4-9(3-7)15-11(16)6-1-10(14)17-5-6/h1-5H,(H,15,16). The van der Waals surface area contributed by atoms with Crippen molar-refractivity contribution < 1.29 is 4.79 Å². The molecule has 2 aromatic rings. The van der Waals surface area contributed by atoms with Crippen LogP contribution in [0.15, 0.2) is 29.6 Å². The number of benzene rings is 1. The van der Waals surface area contributed by atoms with Crippen LogP contribution in [0.5, 0.6) is 0 Å². The fraction of sp³-hybridized carbons (Fsp3) is 0. The van der Waals surface area contributed by atoms with Crippen LogP contribution in [0.2, 0.25) is 10.0 Å². The molecule has 1 N–H and O–H groups in total. The predicted octanol–water partition coefficient (Wildman–Crippen LogP) is 4.91. The highest BCUT2D eigenvalue weighted by atomic mass is 127. The van der Waals surface area contributed by atoms with Gasteiger partial charge in [-0.05, 0) is 46.9 Å². The number of amides is 1. The number of hydrogen-bond acceptors (Lipinski definition) is 2. The zero-order valence-electron chi connectivity index (χ0n) is 8.34. The molecule has 17 heavy (non-hydrogen) atoms. The van der Waals surface area contributed by atoms with Crippen molar-refractivity contribution in [1.82, 2.24) is 0 Å². The Labute approximate surface area is 126 Å². The molecular formula is C11H6Cl2INOS. The van der Waals surface area contributed by atoms with E-state index < -0.39 is 0 Å². The summed E-state index contributed by atoms with van der Waals surface area (Å²) in [5, 5.41) is 5.54. The molecule has 0 saturated heterocycles. The van der Waals surface area contributed by atoms with Gasteiger partial charge in [-0.15, -0.1) is 11.3 Å². The van der Waals surface area contributed by atoms with Crippen LogP contribution < -0.4 is 5.32 Å². The Morgan fingerprint density at radius 1 is 1.18 bits per heavy atom. The van der Waals surface area contributed by atoms with Gasteiger partial charge >= 0.3 is 0 Å². The highest BCUT2D eigenvalue weighted by Gasteiger charge is 2.09. The Kier molecular flexibility index (Phi) is 4.30. The lowest BCUT2D eigenvalue weighted by Gasteiger charge is -2.04. The van der Waals surface area contributed by atoms with E-state index in [0.717, 1.165) is 2.88 Å². The summed E-state index contributed by atoms with van der Waals surface area (Å²) >= 11 is 15.4. The van der Waals surface area contributed by atoms with Crippen molar-refractivity contribution in [3.05, 3.63) is 48.1 Å². The van der Waals surface area contributed by atoms with E-state index in [1.807, 2.05) is 11.4 Å². The average Bonchev–Trinajstić information content (AvgIpc) is 2.63. The van der Waals surface area contributed by atoms with Crippen LogP contribution in [-0.2, 0) is 0 Å². The molecule has 2 nitrogen and oxygen atoms in total. The summed E-state index contributed by atoms with van der Waals surface area (Å²) in [6.07, 6.45) is 0. The zero-order valence-corrected chi connectivity index (χ0v) is 12.8. The van der Waals surface area contributed by atoms with Gasteiger partial charge in [0, 0.05) is 21.1 Å². The van der Waals surface area contributed by atoms with Gasteiger partial charge in [-0.25, -0.2) is 0 Å². The molecule has 0 unspecified atom stereocenters. The fourth-order valence-electron chi connectivity index (χ4n) is 1.26. The molecule has 0 bridgehead atoms. The van der Waals surface area contributed by atoms with Gasteiger partial charge in [0.05, 0.1) is 8.45 Å². The Balaban J connectivity index is 2.18. The Bertz CT molecular complexity index is 550. The van der Waals surface area contributed by atoms with Crippen LogP contribution >= 0.6 is 57.1 Å². The quantitative estimate of drug-likeness (QED) is 0.716. The molecule has 1 aromatic carbocycles. The third-order valence-electron chi connectivity index (χ3n) is 1.95. The van der Waals surface area contributed by atoms with Gasteiger partial charge in [0.1, 0.15) is 0 Å². The predicted molar refractivity (Wildman–Crippen MR) is 81.5 cm³/mol. The first-order valence-electron chi connectivity index (χ1n) is 4.56. The number of rotatable bonds is 2. The maximum Gasteiger partial charge on any atom is 0.256 e. The van der Waals surface area contributed by atoms with Crippen molar-refractivity contribution in [2.45, 2.75) is 0 Å². The number of nitrogens with one attached hydrogen (secondary N) is 1. The number of hydrogen-bond donors (Lipinski definition) is 1. The molecule has 0 saturated carbocycles. The van der Waals surface area contributed by atoms with Crippen LogP contribution in [0.25, 0.3) is 0 Å². The maximum atomic E-state index is 11.9. The first-order valence-corrected chi connectivity index (χ1v) is 7.27. The zero-order chi connectivity index (χ0) is 12.4. The van der Waals surface area contributed by atoms with Gasteiger partial charge in [0.25, 0.3) is 5.91 Å². The molecule has 1 amide bonds. The maximum absolute atomic E-state index is 11.9. The summed E-state index contributed by atoms with van der Waals surface area (Å²) in [4.78, 5) is 11.9. The summed E-state index contributed by atoms with van der Waals surface area (Å²) < 4.78 is 1.07. The molecule has 0 radical (unpaired) electrons. The summed E-state index contributed by atoms with van der Waals surface area (Å²) in [6, 6.07) is 6.75. The lowest BCUT2D eigenvalue weighted by molar-refractivity contribution is 0.102. The smallest absolute Gasteiger partial charge is 0.256 e. The lowest BCUT2D eigenvalue weighted by atomic mass is 10.3. The Morgan fingerprint density at radius 2 is 1.82 bits per heavy atom. The summed E-state index contributed by atoms with van der Waals surface area (Å²) in [6.45, 7) is 0. The second kappa shape index (κ2) is 5.56. The van der Waals surface area contributed by atoms with E-state index in [0.29, 0.717) is 21.3 Å². The topological polar surface area (TPSA) is 29.1 Å². The molecule has 0 atom stereocenters. The molecule has 0 fully saturated rings. The molecule has 88 valence electrons. The Morgan fingerprint density at radius 3 is 2.35 bits per heavy atom. The van der Waals surface area contributed by atoms with Crippen molar-refractivity contribution in [3.63, 3.8) is 0 Å². The highest BCUT2D eigenvalue weighted by molar-refractivity contribution is 14.1. The summed E-state index contributed by atoms with van der Waals surface area (Å²) in [5.74, 6) is -0.164. The number of carbonyl (C=O) groups excluding carboxylic acids is 1. The lowest BCUT2D eigenvalue weighted by Crippen LogP contribution is -2.10. The van der Waals surface area contributed by atoms with Crippen molar-refractivity contribution in [2.24, 2.45) is 0 Å². The van der Waals surface area contributed by atoms with E-state index in [-0.39, 0.29) is 5.91 Å². The normalized spacial score (nSPS) is 10.3. The Hall–Kier alpha value is -0.300. The van der Waals surface area contributed by atoms with E-state index in [1.54, 1.807) is 18.2 Å². The molecule has 0 aliphatic rings. The molecule has 0 aliphatic heterocycles. The number of thiophene rings is 1. The third-order valence-corrected chi connectivity index (χ3v) is 4.18. The minimum absolute atomic E-state index is 0.164. The first kappa shape index (κ1) is 13.1. The molecular weight excluding hydrogens is 392 g/mol. The monoisotopic (exact) mass is 397 g/mol. The fourth-order valence-corrected chi connectivity index (χ4v) is 3.11. The first-order chi connectivity index (χ1) is 8.04. The molecule has 0 spiro atoms. The van der Waals surface area contributed by atoms with Crippen molar-refractivity contribution in [1.29, 1.82) is 0 Å². The van der Waals surface area contributed by atoms with E-state index in [9.17, 15) is 4.79 Å². The second-order valence-electron chi connectivity index (χ2n) is 3.25. The number of carbonyl (C=O) groups is 1. The van der Waals surface area contributed by atoms with Gasteiger partial charge in [-0.1, -0.05) is 23.2 Å². The van der Waals surface area contributed by atoms with Crippen LogP contribution in [0.4, 0.5) is 5.69 Å². The summed E-state index contributed by atoms with van der Waals surface area (Å²) in [5.41, 5.74) is 1.23. The van der Waals surface area contributed by atoms with Crippen molar-refractivity contribution >= 4 is 68.7 Å². The number of anilines is 1. The van der Waals surface area contributed by atoms with E-state index in [4.69, 9.17) is 23.2 Å². The minimum Gasteiger partial charge on any atom is -0.322 e. The van der Waals surface area contributed by atoms with Gasteiger partial charge in [-0.3, -0.25) is 4.79 Å². The molecule has 0 aliphatic carbocycles. The van der Waals surface area contributed by atoms with Gasteiger partial charge in [0.2, 0.25) is 0 Å². The van der Waals surface area contributed by atoms with Crippen molar-refractivity contribution in [2.75, 3.05) is 5.32 Å². The third kappa shape index (κ3) is 3.58. The molecule has 2 rings (SSSR count). The second-order valence-corrected chi connectivity index (χ2v) is 6.93. The van der Waals surface area contributed by atoms with Gasteiger partial charge in [-0.2, -0.15) is 0 Å². The van der Waals surface area contributed by atoms with E-state index >= 15 is 0 Å². The highest BCUT2D eigenvalue weighted by Crippen LogP contribution is 2.23. The molecule has 6 heteroatoms. The van der Waals surface area contributed by atoms with Crippen LogP contribution in [-0.4, -0.2) is 5.91 Å².